The lowest BCUT2D eigenvalue weighted by Crippen LogP contribution is -2.49. The van der Waals surface area contributed by atoms with Gasteiger partial charge in [-0.1, -0.05) is 6.42 Å². The Morgan fingerprint density at radius 1 is 1.38 bits per heavy atom. The highest BCUT2D eigenvalue weighted by Crippen LogP contribution is 2.15. The number of nitrogens with one attached hydrogen (secondary N) is 1. The number of amides is 1. The lowest BCUT2D eigenvalue weighted by atomic mass is 10.1. The summed E-state index contributed by atoms with van der Waals surface area (Å²) in [7, 11) is 0. The number of rotatable bonds is 3. The van der Waals surface area contributed by atoms with Gasteiger partial charge in [0.2, 0.25) is 0 Å². The van der Waals surface area contributed by atoms with Crippen LogP contribution in [0.2, 0.25) is 0 Å². The first kappa shape index (κ1) is 13.8. The Bertz CT molecular complexity index is 610. The maximum absolute atomic E-state index is 12.4. The van der Waals surface area contributed by atoms with Gasteiger partial charge in [-0.2, -0.15) is 0 Å². The van der Waals surface area contributed by atoms with E-state index in [4.69, 9.17) is 0 Å². The maximum Gasteiger partial charge on any atom is 0.265 e. The normalized spacial score (nSPS) is 19.4. The molecule has 1 aliphatic rings. The molecule has 0 aliphatic carbocycles. The van der Waals surface area contributed by atoms with Crippen LogP contribution >= 0.6 is 0 Å². The van der Waals surface area contributed by atoms with E-state index in [1.165, 1.54) is 6.42 Å². The van der Waals surface area contributed by atoms with E-state index in [2.05, 4.69) is 22.3 Å². The van der Waals surface area contributed by atoms with Gasteiger partial charge in [0.1, 0.15) is 12.1 Å². The van der Waals surface area contributed by atoms with Gasteiger partial charge in [-0.25, -0.2) is 15.0 Å². The molecule has 1 atom stereocenters. The monoisotopic (exact) mass is 285 g/mol. The number of hydrogen-bond acceptors (Lipinski definition) is 4. The van der Waals surface area contributed by atoms with E-state index >= 15 is 0 Å². The summed E-state index contributed by atoms with van der Waals surface area (Å²) in [5.74, 6) is 0.597. The topological polar surface area (TPSA) is 63.1 Å². The van der Waals surface area contributed by atoms with Gasteiger partial charge in [0.05, 0.1) is 0 Å². The number of hydrogen-bond donors (Lipinski definition) is 1. The van der Waals surface area contributed by atoms with Crippen LogP contribution in [0.4, 0.5) is 0 Å². The van der Waals surface area contributed by atoms with Gasteiger partial charge < -0.3 is 0 Å². The van der Waals surface area contributed by atoms with Crippen LogP contribution in [0, 0.1) is 0 Å². The number of imidazole rings is 1. The zero-order valence-corrected chi connectivity index (χ0v) is 12.1. The fraction of sp³-hybridized carbons (Fsp3) is 0.400. The summed E-state index contributed by atoms with van der Waals surface area (Å²) in [6.45, 7) is 3.05. The van der Waals surface area contributed by atoms with Gasteiger partial charge in [-0.05, 0) is 31.9 Å². The van der Waals surface area contributed by atoms with Gasteiger partial charge in [0.25, 0.3) is 5.91 Å². The van der Waals surface area contributed by atoms with Crippen LogP contribution in [0.5, 0.6) is 0 Å². The zero-order chi connectivity index (χ0) is 14.7. The minimum Gasteiger partial charge on any atom is -0.291 e. The highest BCUT2D eigenvalue weighted by molar-refractivity contribution is 5.94. The van der Waals surface area contributed by atoms with Crippen molar-refractivity contribution in [2.24, 2.45) is 0 Å². The number of carbonyl (C=O) groups is 1. The van der Waals surface area contributed by atoms with Gasteiger partial charge in [0, 0.05) is 36.7 Å². The summed E-state index contributed by atoms with van der Waals surface area (Å²) in [5.41, 5.74) is 3.60. The third-order valence-corrected chi connectivity index (χ3v) is 3.82. The summed E-state index contributed by atoms with van der Waals surface area (Å²) < 4.78 is 1.78. The Balaban J connectivity index is 1.74. The molecule has 1 unspecified atom stereocenters. The van der Waals surface area contributed by atoms with Gasteiger partial charge in [-0.15, -0.1) is 0 Å². The fourth-order valence-corrected chi connectivity index (χ4v) is 2.55. The van der Waals surface area contributed by atoms with E-state index in [0.717, 1.165) is 19.4 Å². The summed E-state index contributed by atoms with van der Waals surface area (Å²) in [6, 6.07) is 3.88. The largest absolute Gasteiger partial charge is 0.291 e. The van der Waals surface area contributed by atoms with E-state index in [1.807, 2.05) is 5.01 Å². The number of nitrogens with zero attached hydrogens (tertiary/aromatic N) is 4. The second-order valence-electron chi connectivity index (χ2n) is 5.35. The summed E-state index contributed by atoms with van der Waals surface area (Å²) in [4.78, 5) is 20.6. The van der Waals surface area contributed by atoms with Crippen molar-refractivity contribution in [2.45, 2.75) is 32.2 Å². The maximum atomic E-state index is 12.4. The molecule has 0 aromatic carbocycles. The third-order valence-electron chi connectivity index (χ3n) is 3.82. The zero-order valence-electron chi connectivity index (χ0n) is 12.1. The Morgan fingerprint density at radius 2 is 2.29 bits per heavy atom. The molecule has 1 fully saturated rings. The van der Waals surface area contributed by atoms with Gasteiger partial charge in [-0.3, -0.25) is 14.8 Å². The molecular weight excluding hydrogens is 266 g/mol. The van der Waals surface area contributed by atoms with Crippen LogP contribution in [0.25, 0.3) is 5.82 Å². The molecule has 0 spiro atoms. The molecule has 6 heteroatoms. The number of carbonyl (C=O) groups excluding carboxylic acids is 1. The third kappa shape index (κ3) is 3.11. The molecule has 0 bridgehead atoms. The average Bonchev–Trinajstić information content (AvgIpc) is 3.04. The quantitative estimate of drug-likeness (QED) is 0.934. The van der Waals surface area contributed by atoms with Crippen molar-refractivity contribution in [3.05, 3.63) is 42.6 Å². The molecule has 110 valence electrons. The van der Waals surface area contributed by atoms with E-state index in [9.17, 15) is 4.79 Å². The van der Waals surface area contributed by atoms with Crippen LogP contribution in [0.3, 0.4) is 0 Å². The molecule has 3 rings (SSSR count). The average molecular weight is 285 g/mol. The number of aromatic nitrogens is 3. The van der Waals surface area contributed by atoms with Crippen molar-refractivity contribution < 1.29 is 4.79 Å². The smallest absolute Gasteiger partial charge is 0.265 e. The van der Waals surface area contributed by atoms with Crippen molar-refractivity contribution in [1.29, 1.82) is 0 Å². The van der Waals surface area contributed by atoms with Crippen molar-refractivity contribution in [2.75, 3.05) is 6.54 Å². The predicted molar refractivity (Wildman–Crippen MR) is 78.8 cm³/mol. The highest BCUT2D eigenvalue weighted by atomic mass is 16.2. The number of piperidine rings is 1. The SMILES string of the molecule is CC1CCCCN1NC(=O)c1ccnc(-n2ccnc2)c1. The molecule has 1 saturated heterocycles. The second kappa shape index (κ2) is 6.05. The van der Waals surface area contributed by atoms with E-state index in [1.54, 1.807) is 41.6 Å². The van der Waals surface area contributed by atoms with Crippen molar-refractivity contribution in [3.8, 4) is 5.82 Å². The molecule has 1 aliphatic heterocycles. The molecule has 1 amide bonds. The molecule has 0 radical (unpaired) electrons. The van der Waals surface area contributed by atoms with E-state index in [0.29, 0.717) is 17.4 Å². The van der Waals surface area contributed by atoms with Crippen LogP contribution < -0.4 is 5.43 Å². The first-order valence-electron chi connectivity index (χ1n) is 7.26. The second-order valence-corrected chi connectivity index (χ2v) is 5.35. The van der Waals surface area contributed by atoms with Crippen molar-refractivity contribution in [1.82, 2.24) is 25.0 Å². The number of pyridine rings is 1. The van der Waals surface area contributed by atoms with Crippen molar-refractivity contribution in [3.63, 3.8) is 0 Å². The standard InChI is InChI=1S/C15H19N5O/c1-12-4-2-3-8-20(12)18-15(21)13-5-6-17-14(10-13)19-9-7-16-11-19/h5-7,9-12H,2-4,8H2,1H3,(H,18,21). The van der Waals surface area contributed by atoms with Crippen LogP contribution in [0.1, 0.15) is 36.5 Å². The molecule has 2 aromatic heterocycles. The van der Waals surface area contributed by atoms with Crippen LogP contribution in [-0.2, 0) is 0 Å². The molecule has 3 heterocycles. The predicted octanol–water partition coefficient (Wildman–Crippen LogP) is 1.79. The Kier molecular flexibility index (Phi) is 3.96. The first-order chi connectivity index (χ1) is 10.2. The number of hydrazine groups is 1. The lowest BCUT2D eigenvalue weighted by Gasteiger charge is -2.33. The Labute approximate surface area is 123 Å². The minimum atomic E-state index is -0.0903. The highest BCUT2D eigenvalue weighted by Gasteiger charge is 2.20. The van der Waals surface area contributed by atoms with Crippen LogP contribution in [0.15, 0.2) is 37.1 Å². The fourth-order valence-electron chi connectivity index (χ4n) is 2.55. The van der Waals surface area contributed by atoms with E-state index in [-0.39, 0.29) is 5.91 Å². The molecule has 6 nitrogen and oxygen atoms in total. The van der Waals surface area contributed by atoms with Crippen LogP contribution in [-0.4, -0.2) is 38.0 Å². The Hall–Kier alpha value is -2.21. The molecular formula is C15H19N5O. The van der Waals surface area contributed by atoms with Gasteiger partial charge in [0.15, 0.2) is 0 Å². The Morgan fingerprint density at radius 3 is 3.05 bits per heavy atom. The minimum absolute atomic E-state index is 0.0903. The lowest BCUT2D eigenvalue weighted by molar-refractivity contribution is 0.0612. The summed E-state index contributed by atoms with van der Waals surface area (Å²) in [6.07, 6.45) is 10.3. The molecule has 21 heavy (non-hydrogen) atoms. The molecule has 2 aromatic rings. The van der Waals surface area contributed by atoms with E-state index < -0.39 is 0 Å². The summed E-state index contributed by atoms with van der Waals surface area (Å²) >= 11 is 0. The van der Waals surface area contributed by atoms with Crippen molar-refractivity contribution >= 4 is 5.91 Å². The summed E-state index contributed by atoms with van der Waals surface area (Å²) in [5, 5.41) is 2.03. The first-order valence-corrected chi connectivity index (χ1v) is 7.26. The van der Waals surface area contributed by atoms with Gasteiger partial charge >= 0.3 is 0 Å². The molecule has 0 saturated carbocycles. The molecule has 1 N–H and O–H groups in total.